The van der Waals surface area contributed by atoms with E-state index in [2.05, 4.69) is 4.98 Å². The Kier molecular flexibility index (Phi) is 2.75. The molecule has 4 heteroatoms. The zero-order valence-electron chi connectivity index (χ0n) is 9.14. The molecule has 1 aliphatic rings. The molecule has 0 amide bonds. The number of carbonyl (C=O) groups excluding carboxylic acids is 1. The molecule has 0 bridgehead atoms. The predicted octanol–water partition coefficient (Wildman–Crippen LogP) is 1.57. The third-order valence-corrected chi connectivity index (χ3v) is 2.88. The van der Waals surface area contributed by atoms with Crippen molar-refractivity contribution < 1.29 is 9.53 Å². The Balaban J connectivity index is 2.27. The number of rotatable bonds is 4. The van der Waals surface area contributed by atoms with Crippen molar-refractivity contribution in [1.29, 1.82) is 0 Å². The summed E-state index contributed by atoms with van der Waals surface area (Å²) in [5.41, 5.74) is 0. The molecule has 0 spiro atoms. The lowest BCUT2D eigenvalue weighted by Crippen LogP contribution is -2.23. The molecule has 1 aromatic heterocycles. The normalized spacial score (nSPS) is 17.5. The van der Waals surface area contributed by atoms with Gasteiger partial charge in [-0.3, -0.25) is 0 Å². The number of aryl methyl sites for hydroxylation is 1. The molecule has 4 nitrogen and oxygen atoms in total. The molecule has 2 rings (SSSR count). The van der Waals surface area contributed by atoms with Crippen LogP contribution in [-0.2, 0) is 16.0 Å². The van der Waals surface area contributed by atoms with Crippen molar-refractivity contribution in [2.24, 2.45) is 5.92 Å². The average Bonchev–Trinajstić information content (AvgIpc) is 2.96. The molecule has 1 saturated carbocycles. The summed E-state index contributed by atoms with van der Waals surface area (Å²) in [6, 6.07) is -0.160. The maximum atomic E-state index is 11.7. The van der Waals surface area contributed by atoms with Crippen LogP contribution in [0.5, 0.6) is 0 Å². The quantitative estimate of drug-likeness (QED) is 0.705. The number of hydrogen-bond donors (Lipinski definition) is 0. The van der Waals surface area contributed by atoms with Crippen molar-refractivity contribution in [2.75, 3.05) is 7.11 Å². The zero-order valence-corrected chi connectivity index (χ0v) is 9.14. The molecule has 0 saturated heterocycles. The van der Waals surface area contributed by atoms with Crippen molar-refractivity contribution in [2.45, 2.75) is 32.2 Å². The lowest BCUT2D eigenvalue weighted by Gasteiger charge is -2.17. The highest BCUT2D eigenvalue weighted by molar-refractivity contribution is 5.75. The Bertz CT molecular complexity index is 355. The largest absolute Gasteiger partial charge is 0.467 e. The minimum Gasteiger partial charge on any atom is -0.467 e. The van der Waals surface area contributed by atoms with Crippen molar-refractivity contribution in [3.05, 3.63) is 18.2 Å². The van der Waals surface area contributed by atoms with Crippen LogP contribution >= 0.6 is 0 Å². The summed E-state index contributed by atoms with van der Waals surface area (Å²) in [6.07, 6.45) is 6.69. The smallest absolute Gasteiger partial charge is 0.329 e. The van der Waals surface area contributed by atoms with Crippen LogP contribution in [0.4, 0.5) is 0 Å². The molecule has 82 valence electrons. The molecule has 1 atom stereocenters. The van der Waals surface area contributed by atoms with Gasteiger partial charge in [-0.25, -0.2) is 9.78 Å². The van der Waals surface area contributed by atoms with Gasteiger partial charge in [0.05, 0.1) is 7.11 Å². The van der Waals surface area contributed by atoms with Crippen LogP contribution in [0.1, 0.15) is 31.6 Å². The van der Waals surface area contributed by atoms with E-state index in [-0.39, 0.29) is 12.0 Å². The second-order valence-corrected chi connectivity index (χ2v) is 3.91. The third-order valence-electron chi connectivity index (χ3n) is 2.88. The molecule has 0 aliphatic heterocycles. The topological polar surface area (TPSA) is 44.1 Å². The molecule has 0 N–H and O–H groups in total. The van der Waals surface area contributed by atoms with Gasteiger partial charge < -0.3 is 9.30 Å². The second kappa shape index (κ2) is 4.04. The van der Waals surface area contributed by atoms with E-state index < -0.39 is 0 Å². The summed E-state index contributed by atoms with van der Waals surface area (Å²) in [4.78, 5) is 15.9. The van der Waals surface area contributed by atoms with E-state index in [1.165, 1.54) is 7.11 Å². The maximum absolute atomic E-state index is 11.7. The molecular weight excluding hydrogens is 192 g/mol. The molecule has 1 heterocycles. The molecule has 0 radical (unpaired) electrons. The van der Waals surface area contributed by atoms with Crippen LogP contribution in [0.2, 0.25) is 0 Å². The lowest BCUT2D eigenvalue weighted by atomic mass is 10.2. The Labute approximate surface area is 89.3 Å². The number of esters is 1. The summed E-state index contributed by atoms with van der Waals surface area (Å²) in [6.45, 7) is 2.04. The molecule has 1 unspecified atom stereocenters. The Morgan fingerprint density at radius 2 is 2.47 bits per heavy atom. The average molecular weight is 208 g/mol. The van der Waals surface area contributed by atoms with Gasteiger partial charge >= 0.3 is 5.97 Å². The van der Waals surface area contributed by atoms with Crippen LogP contribution in [-0.4, -0.2) is 22.6 Å². The van der Waals surface area contributed by atoms with Crippen molar-refractivity contribution >= 4 is 5.97 Å². The Morgan fingerprint density at radius 3 is 3.00 bits per heavy atom. The van der Waals surface area contributed by atoms with E-state index in [1.54, 1.807) is 6.20 Å². The molecule has 1 aliphatic carbocycles. The van der Waals surface area contributed by atoms with Crippen molar-refractivity contribution in [3.63, 3.8) is 0 Å². The zero-order chi connectivity index (χ0) is 10.8. The van der Waals surface area contributed by atoms with Crippen molar-refractivity contribution in [3.8, 4) is 0 Å². The van der Waals surface area contributed by atoms with Gasteiger partial charge in [-0.15, -0.1) is 0 Å². The Hall–Kier alpha value is -1.32. The van der Waals surface area contributed by atoms with Gasteiger partial charge in [0.2, 0.25) is 0 Å². The fourth-order valence-corrected chi connectivity index (χ4v) is 1.94. The first-order valence-corrected chi connectivity index (χ1v) is 5.37. The van der Waals surface area contributed by atoms with E-state index in [1.807, 2.05) is 17.7 Å². The van der Waals surface area contributed by atoms with Crippen LogP contribution in [0, 0.1) is 5.92 Å². The molecule has 0 aromatic carbocycles. The van der Waals surface area contributed by atoms with E-state index in [0.717, 1.165) is 25.1 Å². The van der Waals surface area contributed by atoms with Gasteiger partial charge in [-0.05, 0) is 18.8 Å². The number of nitrogens with zero attached hydrogens (tertiary/aromatic N) is 2. The molecule has 1 aromatic rings. The van der Waals surface area contributed by atoms with E-state index in [9.17, 15) is 4.79 Å². The van der Waals surface area contributed by atoms with E-state index >= 15 is 0 Å². The Morgan fingerprint density at radius 1 is 1.73 bits per heavy atom. The highest BCUT2D eigenvalue weighted by Gasteiger charge is 2.38. The highest BCUT2D eigenvalue weighted by atomic mass is 16.5. The maximum Gasteiger partial charge on any atom is 0.329 e. The van der Waals surface area contributed by atoms with Gasteiger partial charge in [0.15, 0.2) is 0 Å². The first-order chi connectivity index (χ1) is 7.27. The summed E-state index contributed by atoms with van der Waals surface area (Å²) in [7, 11) is 1.44. The standard InChI is InChI=1S/C11H16N2O2/c1-3-9-12-6-7-13(9)10(8-4-5-8)11(14)15-2/h6-8,10H,3-5H2,1-2H3. The van der Waals surface area contributed by atoms with E-state index in [0.29, 0.717) is 5.92 Å². The summed E-state index contributed by atoms with van der Waals surface area (Å²) < 4.78 is 6.81. The highest BCUT2D eigenvalue weighted by Crippen LogP contribution is 2.40. The minimum atomic E-state index is -0.160. The molecule has 1 fully saturated rings. The summed E-state index contributed by atoms with van der Waals surface area (Å²) in [5.74, 6) is 1.25. The third kappa shape index (κ3) is 1.89. The number of ether oxygens (including phenoxy) is 1. The number of hydrogen-bond acceptors (Lipinski definition) is 3. The predicted molar refractivity (Wildman–Crippen MR) is 55.4 cm³/mol. The van der Waals surface area contributed by atoms with Crippen LogP contribution in [0.3, 0.4) is 0 Å². The number of imidazole rings is 1. The van der Waals surface area contributed by atoms with Gasteiger partial charge in [0, 0.05) is 18.8 Å². The van der Waals surface area contributed by atoms with Crippen LogP contribution in [0.25, 0.3) is 0 Å². The van der Waals surface area contributed by atoms with Gasteiger partial charge in [-0.1, -0.05) is 6.92 Å². The number of carbonyl (C=O) groups is 1. The molecular formula is C11H16N2O2. The summed E-state index contributed by atoms with van der Waals surface area (Å²) >= 11 is 0. The first kappa shape index (κ1) is 10.2. The minimum absolute atomic E-state index is 0.148. The lowest BCUT2D eigenvalue weighted by molar-refractivity contribution is -0.145. The van der Waals surface area contributed by atoms with Gasteiger partial charge in [0.25, 0.3) is 0 Å². The number of methoxy groups -OCH3 is 1. The van der Waals surface area contributed by atoms with Gasteiger partial charge in [-0.2, -0.15) is 0 Å². The van der Waals surface area contributed by atoms with Crippen LogP contribution in [0.15, 0.2) is 12.4 Å². The van der Waals surface area contributed by atoms with Gasteiger partial charge in [0.1, 0.15) is 11.9 Å². The van der Waals surface area contributed by atoms with E-state index in [4.69, 9.17) is 4.74 Å². The first-order valence-electron chi connectivity index (χ1n) is 5.37. The molecule has 15 heavy (non-hydrogen) atoms. The second-order valence-electron chi connectivity index (χ2n) is 3.91. The summed E-state index contributed by atoms with van der Waals surface area (Å²) in [5, 5.41) is 0. The van der Waals surface area contributed by atoms with Crippen LogP contribution < -0.4 is 0 Å². The monoisotopic (exact) mass is 208 g/mol. The fourth-order valence-electron chi connectivity index (χ4n) is 1.94. The van der Waals surface area contributed by atoms with Crippen molar-refractivity contribution in [1.82, 2.24) is 9.55 Å². The number of aromatic nitrogens is 2. The SMILES string of the molecule is CCc1nccn1C(C(=O)OC)C1CC1. The fraction of sp³-hybridized carbons (Fsp3) is 0.636.